The molecule has 0 aliphatic rings. The van der Waals surface area contributed by atoms with Crippen LogP contribution in [-0.2, 0) is 4.74 Å². The smallest absolute Gasteiger partial charge is 0.350 e. The highest BCUT2D eigenvalue weighted by Crippen LogP contribution is 2.30. The molecule has 0 N–H and O–H groups in total. The van der Waals surface area contributed by atoms with Gasteiger partial charge in [0.15, 0.2) is 0 Å². The van der Waals surface area contributed by atoms with Gasteiger partial charge in [-0.3, -0.25) is 4.79 Å². The second kappa shape index (κ2) is 7.59. The molecule has 24 heavy (non-hydrogen) atoms. The number of carbonyl (C=O) groups excluding carboxylic acids is 2. The van der Waals surface area contributed by atoms with Crippen LogP contribution in [0.3, 0.4) is 0 Å². The Bertz CT molecular complexity index is 792. The Labute approximate surface area is 155 Å². The molecule has 0 fully saturated rings. The minimum atomic E-state index is -0.549. The van der Waals surface area contributed by atoms with E-state index in [-0.39, 0.29) is 27.4 Å². The molecule has 8 heteroatoms. The number of benzene rings is 1. The summed E-state index contributed by atoms with van der Waals surface area (Å²) in [6.45, 7) is 3.66. The number of carbonyl (C=O) groups is 2. The molecule has 2 rings (SSSR count). The minimum absolute atomic E-state index is 0.235. The number of hydrogen-bond donors (Lipinski definition) is 0. The molecular formula is C16H14BCl2NO3S. The van der Waals surface area contributed by atoms with E-state index in [9.17, 15) is 9.59 Å². The molecule has 0 saturated heterocycles. The Morgan fingerprint density at radius 1 is 1.25 bits per heavy atom. The number of hydrogen-bond acceptors (Lipinski definition) is 4. The van der Waals surface area contributed by atoms with Gasteiger partial charge in [0.1, 0.15) is 12.7 Å². The normalized spacial score (nSPS) is 10.8. The first-order chi connectivity index (χ1) is 11.3. The third kappa shape index (κ3) is 3.77. The van der Waals surface area contributed by atoms with Crippen molar-refractivity contribution in [2.45, 2.75) is 19.9 Å². The van der Waals surface area contributed by atoms with Crippen LogP contribution < -0.4 is 9.68 Å². The van der Waals surface area contributed by atoms with Crippen molar-refractivity contribution in [1.29, 1.82) is 0 Å². The predicted molar refractivity (Wildman–Crippen MR) is 99.5 cm³/mol. The molecule has 0 saturated carbocycles. The largest absolute Gasteiger partial charge is 0.465 e. The van der Waals surface area contributed by atoms with E-state index in [4.69, 9.17) is 35.8 Å². The number of nitrogens with zero attached hydrogens (tertiary/aromatic N) is 1. The van der Waals surface area contributed by atoms with E-state index in [0.29, 0.717) is 15.5 Å². The number of methoxy groups -OCH3 is 1. The summed E-state index contributed by atoms with van der Waals surface area (Å²) >= 11 is 13.1. The maximum absolute atomic E-state index is 13.0. The zero-order valence-corrected chi connectivity index (χ0v) is 15.6. The van der Waals surface area contributed by atoms with E-state index in [1.54, 1.807) is 18.2 Å². The average Bonchev–Trinajstić information content (AvgIpc) is 2.87. The van der Waals surface area contributed by atoms with Crippen LogP contribution in [0.5, 0.6) is 0 Å². The van der Waals surface area contributed by atoms with Crippen molar-refractivity contribution in [3.8, 4) is 0 Å². The SMILES string of the molecule is [B]c1cc(N(C(=O)c2ccc(Cl)cc2Cl)C(C)C)c(C(=O)OC)s1. The molecule has 4 nitrogen and oxygen atoms in total. The van der Waals surface area contributed by atoms with Gasteiger partial charge in [0.25, 0.3) is 5.91 Å². The summed E-state index contributed by atoms with van der Waals surface area (Å²) in [6, 6.07) is 5.98. The van der Waals surface area contributed by atoms with Crippen LogP contribution in [0.25, 0.3) is 0 Å². The first kappa shape index (κ1) is 18.8. The third-order valence-corrected chi connectivity index (χ3v) is 4.74. The molecule has 1 aromatic carbocycles. The van der Waals surface area contributed by atoms with Crippen LogP contribution in [0.2, 0.25) is 10.0 Å². The topological polar surface area (TPSA) is 46.6 Å². The van der Waals surface area contributed by atoms with Gasteiger partial charge in [-0.25, -0.2) is 4.79 Å². The Kier molecular flexibility index (Phi) is 5.96. The first-order valence-corrected chi connectivity index (χ1v) is 8.59. The van der Waals surface area contributed by atoms with Crippen LogP contribution >= 0.6 is 34.5 Å². The number of anilines is 1. The van der Waals surface area contributed by atoms with E-state index >= 15 is 0 Å². The second-order valence-corrected chi connectivity index (χ2v) is 7.18. The van der Waals surface area contributed by atoms with Gasteiger partial charge in [0, 0.05) is 11.1 Å². The molecule has 2 aromatic rings. The standard InChI is InChI=1S/C16H14BCl2NO3S/c1-8(2)20(12-7-13(17)24-14(12)16(22)23-3)15(21)10-5-4-9(18)6-11(10)19/h4-8H,1-3H3. The number of esters is 1. The van der Waals surface area contributed by atoms with Gasteiger partial charge < -0.3 is 9.64 Å². The Balaban J connectivity index is 2.55. The monoisotopic (exact) mass is 381 g/mol. The molecule has 1 amide bonds. The highest BCUT2D eigenvalue weighted by molar-refractivity contribution is 7.22. The van der Waals surface area contributed by atoms with Crippen molar-refractivity contribution in [2.24, 2.45) is 0 Å². The lowest BCUT2D eigenvalue weighted by Gasteiger charge is -2.27. The predicted octanol–water partition coefficient (Wildman–Crippen LogP) is 3.69. The number of ether oxygens (including phenoxy) is 1. The summed E-state index contributed by atoms with van der Waals surface area (Å²) in [6.07, 6.45) is 0. The number of thiophene rings is 1. The first-order valence-electron chi connectivity index (χ1n) is 7.02. The molecule has 2 radical (unpaired) electrons. The van der Waals surface area contributed by atoms with Crippen molar-refractivity contribution in [3.63, 3.8) is 0 Å². The molecule has 0 aliphatic heterocycles. The molecule has 1 heterocycles. The average molecular weight is 382 g/mol. The zero-order valence-electron chi connectivity index (χ0n) is 13.3. The lowest BCUT2D eigenvalue weighted by atomic mass is 10.1. The summed E-state index contributed by atoms with van der Waals surface area (Å²) in [5.74, 6) is -0.901. The van der Waals surface area contributed by atoms with Crippen LogP contribution in [0.1, 0.15) is 33.9 Å². The van der Waals surface area contributed by atoms with Crippen LogP contribution in [0.4, 0.5) is 5.69 Å². The van der Waals surface area contributed by atoms with Crippen molar-refractivity contribution < 1.29 is 14.3 Å². The van der Waals surface area contributed by atoms with Gasteiger partial charge in [0.05, 0.1) is 23.4 Å². The van der Waals surface area contributed by atoms with Gasteiger partial charge in [-0.1, -0.05) is 23.2 Å². The molecule has 0 bridgehead atoms. The minimum Gasteiger partial charge on any atom is -0.465 e. The fourth-order valence-electron chi connectivity index (χ4n) is 2.23. The van der Waals surface area contributed by atoms with Gasteiger partial charge in [-0.05, 0) is 42.9 Å². The Hall–Kier alpha value is -1.50. The van der Waals surface area contributed by atoms with Gasteiger partial charge >= 0.3 is 5.97 Å². The van der Waals surface area contributed by atoms with Crippen molar-refractivity contribution >= 4 is 64.7 Å². The molecule has 0 unspecified atom stereocenters. The summed E-state index contributed by atoms with van der Waals surface area (Å²) in [7, 11) is 7.11. The summed E-state index contributed by atoms with van der Waals surface area (Å²) in [5.41, 5.74) is 0.686. The number of amides is 1. The highest BCUT2D eigenvalue weighted by atomic mass is 35.5. The number of halogens is 2. The lowest BCUT2D eigenvalue weighted by Crippen LogP contribution is -2.38. The van der Waals surface area contributed by atoms with E-state index in [0.717, 1.165) is 11.3 Å². The Morgan fingerprint density at radius 3 is 2.46 bits per heavy atom. The summed E-state index contributed by atoms with van der Waals surface area (Å²) in [5, 5.41) is 0.670. The Morgan fingerprint density at radius 2 is 1.92 bits per heavy atom. The molecule has 0 spiro atoms. The summed E-state index contributed by atoms with van der Waals surface area (Å²) in [4.78, 5) is 26.7. The second-order valence-electron chi connectivity index (χ2n) is 5.25. The van der Waals surface area contributed by atoms with Crippen molar-refractivity contribution in [3.05, 3.63) is 44.8 Å². The lowest BCUT2D eigenvalue weighted by molar-refractivity contribution is 0.0607. The molecule has 124 valence electrons. The molecule has 1 aromatic heterocycles. The quantitative estimate of drug-likeness (QED) is 0.599. The zero-order chi connectivity index (χ0) is 18.0. The third-order valence-electron chi connectivity index (χ3n) is 3.26. The maximum Gasteiger partial charge on any atom is 0.350 e. The fourth-order valence-corrected chi connectivity index (χ4v) is 3.56. The van der Waals surface area contributed by atoms with Crippen LogP contribution in [0, 0.1) is 0 Å². The van der Waals surface area contributed by atoms with E-state index in [1.807, 2.05) is 13.8 Å². The maximum atomic E-state index is 13.0. The molecular weight excluding hydrogens is 368 g/mol. The van der Waals surface area contributed by atoms with Gasteiger partial charge in [-0.15, -0.1) is 11.3 Å². The fraction of sp³-hybridized carbons (Fsp3) is 0.250. The highest BCUT2D eigenvalue weighted by Gasteiger charge is 2.28. The van der Waals surface area contributed by atoms with E-state index in [2.05, 4.69) is 0 Å². The molecule has 0 atom stereocenters. The van der Waals surface area contributed by atoms with Crippen molar-refractivity contribution in [1.82, 2.24) is 0 Å². The number of rotatable bonds is 4. The summed E-state index contributed by atoms with van der Waals surface area (Å²) < 4.78 is 5.19. The van der Waals surface area contributed by atoms with Crippen LogP contribution in [0.15, 0.2) is 24.3 Å². The van der Waals surface area contributed by atoms with Gasteiger partial charge in [0.2, 0.25) is 0 Å². The van der Waals surface area contributed by atoms with E-state index in [1.165, 1.54) is 18.1 Å². The van der Waals surface area contributed by atoms with Gasteiger partial charge in [-0.2, -0.15) is 0 Å². The van der Waals surface area contributed by atoms with E-state index < -0.39 is 5.97 Å². The molecule has 0 aliphatic carbocycles. The van der Waals surface area contributed by atoms with Crippen LogP contribution in [-0.4, -0.2) is 32.9 Å². The van der Waals surface area contributed by atoms with Crippen molar-refractivity contribution in [2.75, 3.05) is 12.0 Å².